The zero-order valence-electron chi connectivity index (χ0n) is 17.0. The van der Waals surface area contributed by atoms with Crippen LogP contribution in [0.4, 0.5) is 0 Å². The summed E-state index contributed by atoms with van der Waals surface area (Å²) in [7, 11) is 0. The Balaban J connectivity index is 1.41. The van der Waals surface area contributed by atoms with Crippen molar-refractivity contribution in [3.8, 4) is 0 Å². The minimum atomic E-state index is -0.841. The summed E-state index contributed by atoms with van der Waals surface area (Å²) in [6.45, 7) is 0. The van der Waals surface area contributed by atoms with E-state index in [4.69, 9.17) is 0 Å². The van der Waals surface area contributed by atoms with Crippen LogP contribution in [0, 0.1) is 11.8 Å². The van der Waals surface area contributed by atoms with Gasteiger partial charge in [-0.3, -0.25) is 14.4 Å². The smallest absolute Gasteiger partial charge is 0.305 e. The molecule has 28 heavy (non-hydrogen) atoms. The number of carboxylic acids is 1. The van der Waals surface area contributed by atoms with E-state index in [1.54, 1.807) is 0 Å². The van der Waals surface area contributed by atoms with E-state index < -0.39 is 11.5 Å². The number of rotatable bonds is 7. The maximum atomic E-state index is 12.7. The van der Waals surface area contributed by atoms with Gasteiger partial charge in [0.2, 0.25) is 11.8 Å². The molecule has 3 fully saturated rings. The van der Waals surface area contributed by atoms with Gasteiger partial charge in [-0.1, -0.05) is 32.1 Å². The topological polar surface area (TPSA) is 95.5 Å². The maximum Gasteiger partial charge on any atom is 0.305 e. The molecule has 0 spiro atoms. The molecule has 3 N–H and O–H groups in total. The van der Waals surface area contributed by atoms with E-state index in [2.05, 4.69) is 10.6 Å². The quantitative estimate of drug-likeness (QED) is 0.617. The van der Waals surface area contributed by atoms with E-state index in [1.165, 1.54) is 32.1 Å². The van der Waals surface area contributed by atoms with Gasteiger partial charge in [-0.15, -0.1) is 0 Å². The van der Waals surface area contributed by atoms with Gasteiger partial charge in [-0.05, 0) is 57.3 Å². The first-order valence-corrected chi connectivity index (χ1v) is 11.3. The Bertz CT molecular complexity index is 557. The first-order valence-electron chi connectivity index (χ1n) is 11.3. The number of hydrogen-bond acceptors (Lipinski definition) is 3. The summed E-state index contributed by atoms with van der Waals surface area (Å²) in [6.07, 6.45) is 13.5. The minimum Gasteiger partial charge on any atom is -0.481 e. The van der Waals surface area contributed by atoms with E-state index in [1.807, 2.05) is 0 Å². The number of aliphatic carboxylic acids is 1. The molecule has 2 amide bonds. The van der Waals surface area contributed by atoms with E-state index in [9.17, 15) is 19.5 Å². The summed E-state index contributed by atoms with van der Waals surface area (Å²) >= 11 is 0. The molecule has 6 heteroatoms. The highest BCUT2D eigenvalue weighted by Gasteiger charge is 2.39. The molecule has 0 saturated heterocycles. The number of carbonyl (C=O) groups is 3. The highest BCUT2D eigenvalue weighted by atomic mass is 16.4. The Morgan fingerprint density at radius 2 is 1.50 bits per heavy atom. The molecule has 0 aromatic heterocycles. The van der Waals surface area contributed by atoms with Crippen LogP contribution >= 0.6 is 0 Å². The molecule has 0 bridgehead atoms. The molecule has 158 valence electrons. The largest absolute Gasteiger partial charge is 0.481 e. The lowest BCUT2D eigenvalue weighted by molar-refractivity contribution is -0.139. The van der Waals surface area contributed by atoms with Gasteiger partial charge >= 0.3 is 5.97 Å². The van der Waals surface area contributed by atoms with Crippen LogP contribution in [0.3, 0.4) is 0 Å². The third-order valence-electron chi connectivity index (χ3n) is 7.10. The first kappa shape index (κ1) is 21.1. The standard InChI is InChI=1S/C22H36N2O4/c25-19(14-16-6-2-1-3-7-16)23-18-10-8-17(9-11-18)21(28)24-22(15-20(26)27)12-4-5-13-22/h16-18H,1-15H2,(H,23,25)(H,24,28)(H,26,27). The van der Waals surface area contributed by atoms with Gasteiger partial charge in [-0.25, -0.2) is 0 Å². The number of hydrogen-bond donors (Lipinski definition) is 3. The van der Waals surface area contributed by atoms with Gasteiger partial charge in [0.25, 0.3) is 0 Å². The predicted molar refractivity (Wildman–Crippen MR) is 107 cm³/mol. The fourth-order valence-electron chi connectivity index (χ4n) is 5.49. The molecule has 3 saturated carbocycles. The number of carboxylic acid groups (broad SMARTS) is 1. The van der Waals surface area contributed by atoms with Crippen LogP contribution in [0.5, 0.6) is 0 Å². The van der Waals surface area contributed by atoms with E-state index >= 15 is 0 Å². The average molecular weight is 393 g/mol. The fourth-order valence-corrected chi connectivity index (χ4v) is 5.49. The van der Waals surface area contributed by atoms with Crippen molar-refractivity contribution < 1.29 is 19.5 Å². The lowest BCUT2D eigenvalue weighted by Gasteiger charge is -2.34. The highest BCUT2D eigenvalue weighted by molar-refractivity contribution is 5.81. The number of amides is 2. The highest BCUT2D eigenvalue weighted by Crippen LogP contribution is 2.34. The molecule has 0 heterocycles. The lowest BCUT2D eigenvalue weighted by atomic mass is 9.83. The molecular weight excluding hydrogens is 356 g/mol. The molecule has 0 atom stereocenters. The van der Waals surface area contributed by atoms with Crippen LogP contribution in [0.25, 0.3) is 0 Å². The van der Waals surface area contributed by atoms with Gasteiger partial charge in [-0.2, -0.15) is 0 Å². The van der Waals surface area contributed by atoms with Crippen LogP contribution < -0.4 is 10.6 Å². The Hall–Kier alpha value is -1.59. The van der Waals surface area contributed by atoms with E-state index in [0.29, 0.717) is 12.3 Å². The lowest BCUT2D eigenvalue weighted by Crippen LogP contribution is -2.51. The van der Waals surface area contributed by atoms with E-state index in [-0.39, 0.29) is 30.2 Å². The third-order valence-corrected chi connectivity index (χ3v) is 7.10. The van der Waals surface area contributed by atoms with Crippen molar-refractivity contribution in [2.45, 2.75) is 108 Å². The normalized spacial score (nSPS) is 27.9. The zero-order valence-corrected chi connectivity index (χ0v) is 17.0. The average Bonchev–Trinajstić information content (AvgIpc) is 3.10. The summed E-state index contributed by atoms with van der Waals surface area (Å²) in [5.74, 6) is -0.168. The fraction of sp³-hybridized carbons (Fsp3) is 0.864. The third kappa shape index (κ3) is 5.95. The van der Waals surface area contributed by atoms with Gasteiger partial charge in [0.1, 0.15) is 0 Å². The van der Waals surface area contributed by atoms with Crippen molar-refractivity contribution in [1.29, 1.82) is 0 Å². The van der Waals surface area contributed by atoms with Crippen molar-refractivity contribution in [1.82, 2.24) is 10.6 Å². The molecule has 0 unspecified atom stereocenters. The van der Waals surface area contributed by atoms with Gasteiger partial charge in [0.05, 0.1) is 12.0 Å². The summed E-state index contributed by atoms with van der Waals surface area (Å²) in [5.41, 5.74) is -0.548. The molecule has 6 nitrogen and oxygen atoms in total. The van der Waals surface area contributed by atoms with Crippen LogP contribution in [0.15, 0.2) is 0 Å². The van der Waals surface area contributed by atoms with Crippen molar-refractivity contribution in [3.05, 3.63) is 0 Å². The second-order valence-corrected chi connectivity index (χ2v) is 9.37. The van der Waals surface area contributed by atoms with Crippen LogP contribution in [-0.2, 0) is 14.4 Å². The summed E-state index contributed by atoms with van der Waals surface area (Å²) in [5, 5.41) is 15.5. The molecule has 3 aliphatic carbocycles. The molecule has 0 aromatic carbocycles. The van der Waals surface area contributed by atoms with Gasteiger partial charge in [0.15, 0.2) is 0 Å². The van der Waals surface area contributed by atoms with Gasteiger partial charge < -0.3 is 15.7 Å². The van der Waals surface area contributed by atoms with Crippen molar-refractivity contribution in [2.24, 2.45) is 11.8 Å². The van der Waals surface area contributed by atoms with Crippen molar-refractivity contribution in [3.63, 3.8) is 0 Å². The minimum absolute atomic E-state index is 0.00938. The van der Waals surface area contributed by atoms with Crippen LogP contribution in [0.2, 0.25) is 0 Å². The Morgan fingerprint density at radius 1 is 0.857 bits per heavy atom. The van der Waals surface area contributed by atoms with Crippen molar-refractivity contribution >= 4 is 17.8 Å². The molecular formula is C22H36N2O4. The van der Waals surface area contributed by atoms with Crippen molar-refractivity contribution in [2.75, 3.05) is 0 Å². The van der Waals surface area contributed by atoms with Crippen LogP contribution in [0.1, 0.15) is 96.3 Å². The Kier molecular flexibility index (Phi) is 7.36. The summed E-state index contributed by atoms with van der Waals surface area (Å²) < 4.78 is 0. The first-order chi connectivity index (χ1) is 13.5. The van der Waals surface area contributed by atoms with E-state index in [0.717, 1.165) is 51.4 Å². The predicted octanol–water partition coefficient (Wildman–Crippen LogP) is 3.54. The zero-order chi connectivity index (χ0) is 20.0. The molecule has 0 aromatic rings. The SMILES string of the molecule is O=C(O)CC1(NC(=O)C2CCC(NC(=O)CC3CCCCC3)CC2)CCCC1. The maximum absolute atomic E-state index is 12.7. The molecule has 3 rings (SSSR count). The second-order valence-electron chi connectivity index (χ2n) is 9.37. The molecule has 0 aliphatic heterocycles. The van der Waals surface area contributed by atoms with Crippen LogP contribution in [-0.4, -0.2) is 34.5 Å². The molecule has 3 aliphatic rings. The molecule has 0 radical (unpaired) electrons. The summed E-state index contributed by atoms with van der Waals surface area (Å²) in [6, 6.07) is 0.180. The number of carbonyl (C=O) groups excluding carboxylic acids is 2. The van der Waals surface area contributed by atoms with Gasteiger partial charge in [0, 0.05) is 18.4 Å². The second kappa shape index (κ2) is 9.75. The number of nitrogens with one attached hydrogen (secondary N) is 2. The monoisotopic (exact) mass is 392 g/mol. The Labute approximate surface area is 168 Å². The Morgan fingerprint density at radius 3 is 2.11 bits per heavy atom. The summed E-state index contributed by atoms with van der Waals surface area (Å²) in [4.78, 5) is 36.3.